The smallest absolute Gasteiger partial charge is 0.407 e. The summed E-state index contributed by atoms with van der Waals surface area (Å²) in [6.07, 6.45) is 0.531. The van der Waals surface area contributed by atoms with Gasteiger partial charge < -0.3 is 20.1 Å². The number of hydrogen-bond acceptors (Lipinski definition) is 4. The summed E-state index contributed by atoms with van der Waals surface area (Å²) >= 11 is 0. The Bertz CT molecular complexity index is 1010. The van der Waals surface area contributed by atoms with Crippen molar-refractivity contribution in [1.82, 2.24) is 10.2 Å². The van der Waals surface area contributed by atoms with Gasteiger partial charge in [0, 0.05) is 19.0 Å². The number of carboxylic acids is 1. The molecule has 4 rings (SSSR count). The number of rotatable bonds is 7. The summed E-state index contributed by atoms with van der Waals surface area (Å²) in [7, 11) is 0. The molecule has 2 amide bonds. The van der Waals surface area contributed by atoms with Crippen LogP contribution in [-0.4, -0.2) is 53.7 Å². The zero-order valence-corrected chi connectivity index (χ0v) is 19.0. The highest BCUT2D eigenvalue weighted by atomic mass is 16.5. The number of nitrogens with one attached hydrogen (secondary N) is 1. The van der Waals surface area contributed by atoms with E-state index in [4.69, 9.17) is 4.74 Å². The van der Waals surface area contributed by atoms with Gasteiger partial charge in [-0.15, -0.1) is 0 Å². The molecule has 1 heterocycles. The van der Waals surface area contributed by atoms with Gasteiger partial charge in [0.2, 0.25) is 5.91 Å². The lowest BCUT2D eigenvalue weighted by Crippen LogP contribution is -2.48. The summed E-state index contributed by atoms with van der Waals surface area (Å²) in [5.74, 6) is -1.90. The van der Waals surface area contributed by atoms with Crippen LogP contribution in [0.15, 0.2) is 48.5 Å². The Morgan fingerprint density at radius 1 is 1.06 bits per heavy atom. The first kappa shape index (κ1) is 22.8. The van der Waals surface area contributed by atoms with Crippen LogP contribution in [0.3, 0.4) is 0 Å². The van der Waals surface area contributed by atoms with Crippen LogP contribution >= 0.6 is 0 Å². The zero-order chi connectivity index (χ0) is 23.5. The van der Waals surface area contributed by atoms with Gasteiger partial charge in [-0.2, -0.15) is 0 Å². The maximum atomic E-state index is 13.0. The molecule has 3 atom stereocenters. The van der Waals surface area contributed by atoms with Crippen LogP contribution in [0, 0.1) is 11.8 Å². The topological polar surface area (TPSA) is 95.9 Å². The highest BCUT2D eigenvalue weighted by Crippen LogP contribution is 2.44. The fourth-order valence-corrected chi connectivity index (χ4v) is 5.02. The molecule has 0 spiro atoms. The minimum atomic E-state index is -0.894. The van der Waals surface area contributed by atoms with E-state index in [2.05, 4.69) is 29.6 Å². The number of amides is 2. The van der Waals surface area contributed by atoms with Gasteiger partial charge in [0.25, 0.3) is 0 Å². The lowest BCUT2D eigenvalue weighted by molar-refractivity contribution is -0.142. The second-order valence-corrected chi connectivity index (χ2v) is 8.98. The molecule has 7 heteroatoms. The van der Waals surface area contributed by atoms with Crippen LogP contribution in [0.25, 0.3) is 11.1 Å². The average Bonchev–Trinajstić information content (AvgIpc) is 3.35. The second kappa shape index (κ2) is 9.65. The number of ether oxygens (including phenoxy) is 1. The molecule has 0 aromatic heterocycles. The minimum Gasteiger partial charge on any atom is -0.481 e. The van der Waals surface area contributed by atoms with Crippen LogP contribution in [0.4, 0.5) is 4.79 Å². The molecule has 174 valence electrons. The quantitative estimate of drug-likeness (QED) is 0.668. The first-order valence-corrected chi connectivity index (χ1v) is 11.5. The second-order valence-electron chi connectivity index (χ2n) is 8.98. The maximum Gasteiger partial charge on any atom is 0.407 e. The van der Waals surface area contributed by atoms with Crippen LogP contribution in [0.1, 0.15) is 43.7 Å². The van der Waals surface area contributed by atoms with Gasteiger partial charge in [-0.1, -0.05) is 68.8 Å². The van der Waals surface area contributed by atoms with E-state index < -0.39 is 24.0 Å². The molecule has 2 aliphatic rings. The van der Waals surface area contributed by atoms with E-state index >= 15 is 0 Å². The molecule has 2 unspecified atom stereocenters. The summed E-state index contributed by atoms with van der Waals surface area (Å²) < 4.78 is 5.59. The Hall–Kier alpha value is -3.35. The molecule has 1 saturated heterocycles. The number of benzene rings is 2. The highest BCUT2D eigenvalue weighted by Gasteiger charge is 2.39. The predicted molar refractivity (Wildman–Crippen MR) is 124 cm³/mol. The number of carboxylic acid groups (broad SMARTS) is 1. The standard InChI is InChI=1S/C26H30N2O5/c1-3-8-23(24(29)28-13-16(2)21(14-28)25(30)31)27-26(32)33-15-22-19-11-6-4-9-17(19)18-10-5-7-12-20(18)22/h4-7,9-12,16,21-23H,3,8,13-15H2,1-2H3,(H,27,32)(H,30,31)/t16?,21?,23-/m0/s1. The van der Waals surface area contributed by atoms with Crippen LogP contribution in [0.5, 0.6) is 0 Å². The maximum absolute atomic E-state index is 13.0. The molecule has 1 fully saturated rings. The first-order valence-electron chi connectivity index (χ1n) is 11.5. The molecular weight excluding hydrogens is 420 g/mol. The summed E-state index contributed by atoms with van der Waals surface area (Å²) in [5.41, 5.74) is 4.55. The molecule has 2 aromatic rings. The third-order valence-corrected chi connectivity index (χ3v) is 6.75. The Morgan fingerprint density at radius 3 is 2.21 bits per heavy atom. The number of carbonyl (C=O) groups excluding carboxylic acids is 2. The number of nitrogens with zero attached hydrogens (tertiary/aromatic N) is 1. The fourth-order valence-electron chi connectivity index (χ4n) is 5.02. The Morgan fingerprint density at radius 2 is 1.67 bits per heavy atom. The lowest BCUT2D eigenvalue weighted by Gasteiger charge is -2.24. The van der Waals surface area contributed by atoms with E-state index in [1.165, 1.54) is 0 Å². The summed E-state index contributed by atoms with van der Waals surface area (Å²) in [6, 6.07) is 15.5. The van der Waals surface area contributed by atoms with E-state index in [1.807, 2.05) is 38.1 Å². The Balaban J connectivity index is 1.40. The van der Waals surface area contributed by atoms with Gasteiger partial charge in [-0.25, -0.2) is 4.79 Å². The number of likely N-dealkylation sites (tertiary alicyclic amines) is 1. The number of alkyl carbamates (subject to hydrolysis) is 1. The van der Waals surface area contributed by atoms with Crippen LogP contribution in [-0.2, 0) is 14.3 Å². The molecule has 0 radical (unpaired) electrons. The predicted octanol–water partition coefficient (Wildman–Crippen LogP) is 3.87. The van der Waals surface area contributed by atoms with E-state index in [9.17, 15) is 19.5 Å². The van der Waals surface area contributed by atoms with Crippen LogP contribution < -0.4 is 5.32 Å². The molecule has 0 saturated carbocycles. The molecule has 33 heavy (non-hydrogen) atoms. The van der Waals surface area contributed by atoms with Crippen molar-refractivity contribution >= 4 is 18.0 Å². The zero-order valence-electron chi connectivity index (χ0n) is 19.0. The number of fused-ring (bicyclic) bond motifs is 3. The van der Waals surface area contributed by atoms with Crippen molar-refractivity contribution in [2.45, 2.75) is 38.6 Å². The van der Waals surface area contributed by atoms with Gasteiger partial charge in [-0.3, -0.25) is 9.59 Å². The first-order chi connectivity index (χ1) is 15.9. The Kier molecular flexibility index (Phi) is 6.67. The fraction of sp³-hybridized carbons (Fsp3) is 0.423. The largest absolute Gasteiger partial charge is 0.481 e. The summed E-state index contributed by atoms with van der Waals surface area (Å²) in [4.78, 5) is 38.7. The van der Waals surface area contributed by atoms with Crippen molar-refractivity contribution in [3.63, 3.8) is 0 Å². The average molecular weight is 451 g/mol. The van der Waals surface area contributed by atoms with Gasteiger partial charge in [0.1, 0.15) is 12.6 Å². The van der Waals surface area contributed by atoms with Gasteiger partial charge in [0.05, 0.1) is 5.92 Å². The van der Waals surface area contributed by atoms with E-state index in [0.717, 1.165) is 22.3 Å². The molecule has 2 N–H and O–H groups in total. The molecule has 2 aromatic carbocycles. The van der Waals surface area contributed by atoms with Crippen molar-refractivity contribution in [2.75, 3.05) is 19.7 Å². The highest BCUT2D eigenvalue weighted by molar-refractivity contribution is 5.87. The normalized spacial score (nSPS) is 20.1. The molecule has 1 aliphatic carbocycles. The molecular formula is C26H30N2O5. The van der Waals surface area contributed by atoms with E-state index in [-0.39, 0.29) is 30.9 Å². The van der Waals surface area contributed by atoms with Crippen molar-refractivity contribution in [3.05, 3.63) is 59.7 Å². The third kappa shape index (κ3) is 4.58. The van der Waals surface area contributed by atoms with Crippen molar-refractivity contribution in [2.24, 2.45) is 11.8 Å². The number of hydrogen-bond donors (Lipinski definition) is 2. The van der Waals surface area contributed by atoms with Crippen molar-refractivity contribution in [1.29, 1.82) is 0 Å². The van der Waals surface area contributed by atoms with Gasteiger partial charge >= 0.3 is 12.1 Å². The van der Waals surface area contributed by atoms with Gasteiger partial charge in [0.15, 0.2) is 0 Å². The summed E-state index contributed by atoms with van der Waals surface area (Å²) in [6.45, 7) is 4.49. The van der Waals surface area contributed by atoms with Crippen molar-refractivity contribution in [3.8, 4) is 11.1 Å². The monoisotopic (exact) mass is 450 g/mol. The SMILES string of the molecule is CCC[C@H](NC(=O)OCC1c2ccccc2-c2ccccc21)C(=O)N1CC(C)C(C(=O)O)C1. The van der Waals surface area contributed by atoms with Crippen molar-refractivity contribution < 1.29 is 24.2 Å². The van der Waals surface area contributed by atoms with E-state index in [0.29, 0.717) is 19.4 Å². The van der Waals surface area contributed by atoms with Crippen LogP contribution in [0.2, 0.25) is 0 Å². The molecule has 0 bridgehead atoms. The number of aliphatic carboxylic acids is 1. The molecule has 7 nitrogen and oxygen atoms in total. The third-order valence-electron chi connectivity index (χ3n) is 6.75. The minimum absolute atomic E-state index is 0.0563. The summed E-state index contributed by atoms with van der Waals surface area (Å²) in [5, 5.41) is 12.1. The van der Waals surface area contributed by atoms with Gasteiger partial charge in [-0.05, 0) is 34.6 Å². The Labute approximate surface area is 193 Å². The lowest BCUT2D eigenvalue weighted by atomic mass is 9.98. The van der Waals surface area contributed by atoms with E-state index in [1.54, 1.807) is 4.90 Å². The molecule has 1 aliphatic heterocycles. The number of carbonyl (C=O) groups is 3.